The summed E-state index contributed by atoms with van der Waals surface area (Å²) in [5, 5.41) is 8.18. The molecule has 1 amide bonds. The van der Waals surface area contributed by atoms with Gasteiger partial charge in [-0.2, -0.15) is 0 Å². The van der Waals surface area contributed by atoms with E-state index in [9.17, 15) is 4.79 Å². The van der Waals surface area contributed by atoms with Crippen molar-refractivity contribution < 1.29 is 9.53 Å². The zero-order chi connectivity index (χ0) is 20.5. The van der Waals surface area contributed by atoms with E-state index in [4.69, 9.17) is 22.7 Å². The molecule has 0 heterocycles. The van der Waals surface area contributed by atoms with Gasteiger partial charge in [-0.05, 0) is 60.5 Å². The number of carbonyl (C=O) groups excluding carboxylic acids is 1. The number of rotatable bonds is 9. The first-order valence-electron chi connectivity index (χ1n) is 9.69. The van der Waals surface area contributed by atoms with Crippen molar-refractivity contribution in [3.05, 3.63) is 72.3 Å². The number of thiocarbonyl (C=S) groups is 1. The molecular weight excluding hydrogens is 382 g/mol. The quantitative estimate of drug-likeness (QED) is 0.360. The number of nitrogens with one attached hydrogen (secondary N) is 2. The number of carbonyl (C=O) groups is 1. The second-order valence-corrected chi connectivity index (χ2v) is 7.15. The van der Waals surface area contributed by atoms with E-state index in [1.54, 1.807) is 0 Å². The van der Waals surface area contributed by atoms with Gasteiger partial charge in [0.1, 0.15) is 5.75 Å². The summed E-state index contributed by atoms with van der Waals surface area (Å²) in [6, 6.07) is 21.3. The van der Waals surface area contributed by atoms with Crippen LogP contribution in [0, 0.1) is 0 Å². The number of fused-ring (bicyclic) bond motifs is 1. The van der Waals surface area contributed by atoms with Gasteiger partial charge in [-0.1, -0.05) is 42.5 Å². The van der Waals surface area contributed by atoms with Gasteiger partial charge in [-0.25, -0.2) is 0 Å². The van der Waals surface area contributed by atoms with Gasteiger partial charge in [-0.15, -0.1) is 0 Å². The van der Waals surface area contributed by atoms with E-state index in [1.807, 2.05) is 66.7 Å². The monoisotopic (exact) mass is 407 g/mol. The van der Waals surface area contributed by atoms with Crippen LogP contribution in [0.1, 0.15) is 29.6 Å². The highest BCUT2D eigenvalue weighted by atomic mass is 32.1. The number of amides is 1. The SMILES string of the molecule is NC(=S)Nc1cccc(OCCCCCNC(=O)c2cccc3ccccc23)c1. The molecule has 150 valence electrons. The van der Waals surface area contributed by atoms with Crippen LogP contribution in [0.4, 0.5) is 5.69 Å². The number of anilines is 1. The van der Waals surface area contributed by atoms with Crippen LogP contribution in [-0.4, -0.2) is 24.2 Å². The topological polar surface area (TPSA) is 76.4 Å². The van der Waals surface area contributed by atoms with Crippen LogP contribution in [0.2, 0.25) is 0 Å². The fraction of sp³-hybridized carbons (Fsp3) is 0.217. The average molecular weight is 408 g/mol. The van der Waals surface area contributed by atoms with Gasteiger partial charge in [0.2, 0.25) is 0 Å². The van der Waals surface area contributed by atoms with E-state index in [2.05, 4.69) is 10.6 Å². The van der Waals surface area contributed by atoms with E-state index in [0.29, 0.717) is 13.2 Å². The minimum atomic E-state index is -0.0276. The Morgan fingerprint density at radius 3 is 2.62 bits per heavy atom. The zero-order valence-corrected chi connectivity index (χ0v) is 17.0. The van der Waals surface area contributed by atoms with Crippen LogP contribution in [0.5, 0.6) is 5.75 Å². The second-order valence-electron chi connectivity index (χ2n) is 6.71. The van der Waals surface area contributed by atoms with Crippen molar-refractivity contribution in [1.82, 2.24) is 5.32 Å². The summed E-state index contributed by atoms with van der Waals surface area (Å²) in [4.78, 5) is 12.5. The van der Waals surface area contributed by atoms with Gasteiger partial charge in [0.05, 0.1) is 6.61 Å². The van der Waals surface area contributed by atoms with E-state index >= 15 is 0 Å². The minimum absolute atomic E-state index is 0.0276. The Kier molecular flexibility index (Phi) is 7.41. The van der Waals surface area contributed by atoms with Crippen LogP contribution in [0.3, 0.4) is 0 Å². The molecule has 0 spiro atoms. The lowest BCUT2D eigenvalue weighted by Gasteiger charge is -2.10. The smallest absolute Gasteiger partial charge is 0.251 e. The third-order valence-corrected chi connectivity index (χ3v) is 4.61. The molecule has 0 saturated heterocycles. The summed E-state index contributed by atoms with van der Waals surface area (Å²) in [5.74, 6) is 0.746. The summed E-state index contributed by atoms with van der Waals surface area (Å²) in [6.45, 7) is 1.27. The van der Waals surface area contributed by atoms with Crippen molar-refractivity contribution in [3.63, 3.8) is 0 Å². The molecule has 0 aromatic heterocycles. The molecule has 4 N–H and O–H groups in total. The molecule has 3 aromatic rings. The highest BCUT2D eigenvalue weighted by Gasteiger charge is 2.08. The number of hydrogen-bond acceptors (Lipinski definition) is 3. The number of unbranched alkanes of at least 4 members (excludes halogenated alkanes) is 2. The molecular formula is C23H25N3O2S. The predicted molar refractivity (Wildman–Crippen MR) is 122 cm³/mol. The van der Waals surface area contributed by atoms with Crippen molar-refractivity contribution in [2.75, 3.05) is 18.5 Å². The highest BCUT2D eigenvalue weighted by molar-refractivity contribution is 7.80. The third kappa shape index (κ3) is 6.19. The molecule has 0 aliphatic heterocycles. The van der Waals surface area contributed by atoms with Crippen molar-refractivity contribution in [2.45, 2.75) is 19.3 Å². The highest BCUT2D eigenvalue weighted by Crippen LogP contribution is 2.19. The number of hydrogen-bond donors (Lipinski definition) is 3. The predicted octanol–water partition coefficient (Wildman–Crippen LogP) is 4.47. The van der Waals surface area contributed by atoms with E-state index < -0.39 is 0 Å². The maximum absolute atomic E-state index is 12.5. The minimum Gasteiger partial charge on any atom is -0.494 e. The lowest BCUT2D eigenvalue weighted by atomic mass is 10.0. The number of ether oxygens (including phenoxy) is 1. The largest absolute Gasteiger partial charge is 0.494 e. The van der Waals surface area contributed by atoms with Gasteiger partial charge < -0.3 is 21.1 Å². The maximum atomic E-state index is 12.5. The zero-order valence-electron chi connectivity index (χ0n) is 16.2. The van der Waals surface area contributed by atoms with Gasteiger partial charge in [0.15, 0.2) is 5.11 Å². The van der Waals surface area contributed by atoms with E-state index in [0.717, 1.165) is 47.0 Å². The lowest BCUT2D eigenvalue weighted by molar-refractivity contribution is 0.0954. The Balaban J connectivity index is 1.36. The molecule has 29 heavy (non-hydrogen) atoms. The first kappa shape index (κ1) is 20.6. The normalized spacial score (nSPS) is 10.5. The van der Waals surface area contributed by atoms with Crippen LogP contribution in [0.15, 0.2) is 66.7 Å². The summed E-state index contributed by atoms with van der Waals surface area (Å²) < 4.78 is 5.76. The molecule has 3 rings (SSSR count). The second kappa shape index (κ2) is 10.4. The molecule has 0 fully saturated rings. The van der Waals surface area contributed by atoms with Crippen molar-refractivity contribution in [2.24, 2.45) is 5.73 Å². The van der Waals surface area contributed by atoms with Gasteiger partial charge in [0, 0.05) is 23.9 Å². The van der Waals surface area contributed by atoms with Crippen LogP contribution in [-0.2, 0) is 0 Å². The van der Waals surface area contributed by atoms with E-state index in [1.165, 1.54) is 0 Å². The Morgan fingerprint density at radius 2 is 1.76 bits per heavy atom. The van der Waals surface area contributed by atoms with Gasteiger partial charge in [-0.3, -0.25) is 4.79 Å². The summed E-state index contributed by atoms with van der Waals surface area (Å²) in [5.41, 5.74) is 7.01. The summed E-state index contributed by atoms with van der Waals surface area (Å²) in [7, 11) is 0. The first-order chi connectivity index (χ1) is 14.1. The summed E-state index contributed by atoms with van der Waals surface area (Å²) >= 11 is 4.84. The summed E-state index contributed by atoms with van der Waals surface area (Å²) in [6.07, 6.45) is 2.79. The molecule has 0 atom stereocenters. The molecule has 3 aromatic carbocycles. The molecule has 0 radical (unpaired) electrons. The molecule has 5 nitrogen and oxygen atoms in total. The van der Waals surface area contributed by atoms with Crippen LogP contribution in [0.25, 0.3) is 10.8 Å². The van der Waals surface area contributed by atoms with Crippen molar-refractivity contribution in [1.29, 1.82) is 0 Å². The van der Waals surface area contributed by atoms with Crippen LogP contribution < -0.4 is 21.1 Å². The fourth-order valence-electron chi connectivity index (χ4n) is 3.12. The lowest BCUT2D eigenvalue weighted by Crippen LogP contribution is -2.24. The maximum Gasteiger partial charge on any atom is 0.251 e. The molecule has 0 unspecified atom stereocenters. The first-order valence-corrected chi connectivity index (χ1v) is 10.1. The molecule has 0 bridgehead atoms. The molecule has 0 saturated carbocycles. The molecule has 0 aliphatic rings. The Bertz CT molecular complexity index is 985. The number of nitrogens with two attached hydrogens (primary N) is 1. The Morgan fingerprint density at radius 1 is 0.966 bits per heavy atom. The third-order valence-electron chi connectivity index (χ3n) is 4.51. The Labute approximate surface area is 176 Å². The van der Waals surface area contributed by atoms with Gasteiger partial charge >= 0.3 is 0 Å². The number of benzene rings is 3. The average Bonchev–Trinajstić information content (AvgIpc) is 2.72. The molecule has 0 aliphatic carbocycles. The Hall–Kier alpha value is -3.12. The van der Waals surface area contributed by atoms with Crippen molar-refractivity contribution >= 4 is 39.7 Å². The van der Waals surface area contributed by atoms with Crippen molar-refractivity contribution in [3.8, 4) is 5.75 Å². The fourth-order valence-corrected chi connectivity index (χ4v) is 3.24. The standard InChI is InChI=1S/C23H25N3O2S/c24-23(29)26-18-10-7-11-19(16-18)28-15-5-1-4-14-25-22(27)21-13-6-9-17-8-2-3-12-20(17)21/h2-3,6-13,16H,1,4-5,14-15H2,(H,25,27)(H3,24,26,29). The molecule has 6 heteroatoms. The van der Waals surface area contributed by atoms with Gasteiger partial charge in [0.25, 0.3) is 5.91 Å². The van der Waals surface area contributed by atoms with E-state index in [-0.39, 0.29) is 11.0 Å². The van der Waals surface area contributed by atoms with Crippen LogP contribution >= 0.6 is 12.2 Å².